The molecule has 0 radical (unpaired) electrons. The number of fused-ring (bicyclic) bond motifs is 3. The highest BCUT2D eigenvalue weighted by Gasteiger charge is 2.30. The van der Waals surface area contributed by atoms with Crippen LogP contribution in [0.3, 0.4) is 0 Å². The fourth-order valence-corrected chi connectivity index (χ4v) is 4.22. The second kappa shape index (κ2) is 10.1. The Morgan fingerprint density at radius 3 is 2.09 bits per heavy atom. The van der Waals surface area contributed by atoms with Crippen LogP contribution in [0.2, 0.25) is 0 Å². The molecule has 2 aromatic carbocycles. The Labute approximate surface area is 194 Å². The first-order chi connectivity index (χ1) is 15.6. The van der Waals surface area contributed by atoms with Crippen molar-refractivity contribution in [2.75, 3.05) is 13.2 Å². The number of alkyl carbamates (subject to hydrolysis) is 1. The van der Waals surface area contributed by atoms with Crippen molar-refractivity contribution in [1.82, 2.24) is 10.2 Å². The summed E-state index contributed by atoms with van der Waals surface area (Å²) in [5.74, 6) is -1.33. The fourth-order valence-electron chi connectivity index (χ4n) is 4.22. The van der Waals surface area contributed by atoms with Gasteiger partial charge < -0.3 is 20.1 Å². The molecule has 1 aliphatic carbocycles. The van der Waals surface area contributed by atoms with E-state index in [1.807, 2.05) is 24.3 Å². The fraction of sp³-hybridized carbons (Fsp3) is 0.423. The second-order valence-electron chi connectivity index (χ2n) is 9.45. The Kier molecular flexibility index (Phi) is 7.41. The lowest BCUT2D eigenvalue weighted by molar-refractivity contribution is -0.148. The normalized spacial score (nSPS) is 13.6. The SMILES string of the molecule is CC(CCC(=O)N(CC(=O)O)C(C)(C)C)NC(=O)OCC1c2ccccc2-c2ccccc21. The number of hydrogen-bond donors (Lipinski definition) is 2. The Bertz CT molecular complexity index is 982. The number of nitrogens with one attached hydrogen (secondary N) is 1. The van der Waals surface area contributed by atoms with E-state index >= 15 is 0 Å². The number of aliphatic carboxylic acids is 1. The largest absolute Gasteiger partial charge is 0.480 e. The number of carboxylic acids is 1. The minimum absolute atomic E-state index is 0.0172. The third-order valence-corrected chi connectivity index (χ3v) is 5.90. The van der Waals surface area contributed by atoms with Crippen LogP contribution in [0.15, 0.2) is 48.5 Å². The number of benzene rings is 2. The molecule has 0 saturated heterocycles. The summed E-state index contributed by atoms with van der Waals surface area (Å²) in [4.78, 5) is 37.4. The van der Waals surface area contributed by atoms with Crippen LogP contribution >= 0.6 is 0 Å². The molecule has 176 valence electrons. The van der Waals surface area contributed by atoms with Crippen molar-refractivity contribution in [2.45, 2.75) is 58.0 Å². The molecule has 3 rings (SSSR count). The maximum Gasteiger partial charge on any atom is 0.407 e. The summed E-state index contributed by atoms with van der Waals surface area (Å²) >= 11 is 0. The van der Waals surface area contributed by atoms with Crippen LogP contribution in [0, 0.1) is 0 Å². The first kappa shape index (κ1) is 24.3. The Morgan fingerprint density at radius 1 is 1.03 bits per heavy atom. The molecule has 2 amide bonds. The van der Waals surface area contributed by atoms with Gasteiger partial charge in [-0.25, -0.2) is 4.79 Å². The number of rotatable bonds is 8. The molecule has 0 bridgehead atoms. The zero-order valence-corrected chi connectivity index (χ0v) is 19.6. The first-order valence-electron chi connectivity index (χ1n) is 11.2. The molecular weight excluding hydrogens is 420 g/mol. The van der Waals surface area contributed by atoms with Crippen molar-refractivity contribution in [3.63, 3.8) is 0 Å². The molecule has 2 N–H and O–H groups in total. The average Bonchev–Trinajstić information content (AvgIpc) is 3.07. The van der Waals surface area contributed by atoms with E-state index < -0.39 is 17.6 Å². The highest BCUT2D eigenvalue weighted by atomic mass is 16.5. The highest BCUT2D eigenvalue weighted by Crippen LogP contribution is 2.44. The van der Waals surface area contributed by atoms with Crippen LogP contribution in [0.4, 0.5) is 4.79 Å². The molecule has 0 fully saturated rings. The highest BCUT2D eigenvalue weighted by molar-refractivity contribution is 5.82. The molecule has 0 heterocycles. The van der Waals surface area contributed by atoms with E-state index in [1.54, 1.807) is 27.7 Å². The van der Waals surface area contributed by atoms with Crippen LogP contribution < -0.4 is 5.32 Å². The molecule has 2 aromatic rings. The van der Waals surface area contributed by atoms with Gasteiger partial charge in [0.15, 0.2) is 0 Å². The van der Waals surface area contributed by atoms with Gasteiger partial charge in [0.25, 0.3) is 0 Å². The lowest BCUT2D eigenvalue weighted by Crippen LogP contribution is -2.48. The predicted molar refractivity (Wildman–Crippen MR) is 126 cm³/mol. The number of carbonyl (C=O) groups is 3. The summed E-state index contributed by atoms with van der Waals surface area (Å²) in [7, 11) is 0. The molecule has 0 saturated carbocycles. The van der Waals surface area contributed by atoms with Crippen LogP contribution in [0.5, 0.6) is 0 Å². The van der Waals surface area contributed by atoms with Crippen LogP contribution in [-0.2, 0) is 14.3 Å². The second-order valence-corrected chi connectivity index (χ2v) is 9.45. The number of amides is 2. The van der Waals surface area contributed by atoms with E-state index in [0.29, 0.717) is 6.42 Å². The third-order valence-electron chi connectivity index (χ3n) is 5.90. The summed E-state index contributed by atoms with van der Waals surface area (Å²) in [5, 5.41) is 11.9. The molecule has 1 aliphatic rings. The Balaban J connectivity index is 1.52. The maximum absolute atomic E-state index is 12.6. The standard InChI is InChI=1S/C26H32N2O5/c1-17(13-14-23(29)28(15-24(30)31)26(2,3)4)27-25(32)33-16-22-20-11-7-5-9-18(20)19-10-6-8-12-21(19)22/h5-12,17,22H,13-16H2,1-4H3,(H,27,32)(H,30,31). The maximum atomic E-state index is 12.6. The van der Waals surface area contributed by atoms with Gasteiger partial charge in [-0.3, -0.25) is 9.59 Å². The molecule has 7 nitrogen and oxygen atoms in total. The van der Waals surface area contributed by atoms with Crippen molar-refractivity contribution >= 4 is 18.0 Å². The molecule has 33 heavy (non-hydrogen) atoms. The van der Waals surface area contributed by atoms with Gasteiger partial charge in [-0.2, -0.15) is 0 Å². The summed E-state index contributed by atoms with van der Waals surface area (Å²) in [6.07, 6.45) is -0.0139. The van der Waals surface area contributed by atoms with E-state index in [2.05, 4.69) is 29.6 Å². The van der Waals surface area contributed by atoms with Gasteiger partial charge in [-0.15, -0.1) is 0 Å². The van der Waals surface area contributed by atoms with Crippen molar-refractivity contribution in [2.24, 2.45) is 0 Å². The van der Waals surface area contributed by atoms with E-state index in [-0.39, 0.29) is 37.4 Å². The monoisotopic (exact) mass is 452 g/mol. The smallest absolute Gasteiger partial charge is 0.407 e. The van der Waals surface area contributed by atoms with Crippen molar-refractivity contribution < 1.29 is 24.2 Å². The zero-order valence-electron chi connectivity index (χ0n) is 19.6. The minimum Gasteiger partial charge on any atom is -0.480 e. The van der Waals surface area contributed by atoms with E-state index in [0.717, 1.165) is 11.1 Å². The van der Waals surface area contributed by atoms with Crippen molar-refractivity contribution in [3.8, 4) is 11.1 Å². The zero-order chi connectivity index (χ0) is 24.2. The lowest BCUT2D eigenvalue weighted by Gasteiger charge is -2.34. The molecule has 1 unspecified atom stereocenters. The molecule has 0 aromatic heterocycles. The van der Waals surface area contributed by atoms with Gasteiger partial charge in [0.1, 0.15) is 13.2 Å². The van der Waals surface area contributed by atoms with Gasteiger partial charge in [-0.05, 0) is 56.4 Å². The van der Waals surface area contributed by atoms with Crippen LogP contribution in [0.1, 0.15) is 57.6 Å². The summed E-state index contributed by atoms with van der Waals surface area (Å²) in [6, 6.07) is 16.0. The number of hydrogen-bond acceptors (Lipinski definition) is 4. The summed E-state index contributed by atoms with van der Waals surface area (Å²) < 4.78 is 5.55. The summed E-state index contributed by atoms with van der Waals surface area (Å²) in [6.45, 7) is 7.07. The van der Waals surface area contributed by atoms with E-state index in [4.69, 9.17) is 9.84 Å². The van der Waals surface area contributed by atoms with E-state index in [1.165, 1.54) is 16.0 Å². The Morgan fingerprint density at radius 2 is 1.58 bits per heavy atom. The third kappa shape index (κ3) is 5.92. The van der Waals surface area contributed by atoms with Gasteiger partial charge in [0.05, 0.1) is 0 Å². The summed E-state index contributed by atoms with van der Waals surface area (Å²) in [5.41, 5.74) is 4.02. The van der Waals surface area contributed by atoms with Crippen molar-refractivity contribution in [3.05, 3.63) is 59.7 Å². The quantitative estimate of drug-likeness (QED) is 0.619. The van der Waals surface area contributed by atoms with E-state index in [9.17, 15) is 14.4 Å². The average molecular weight is 453 g/mol. The molecule has 0 aliphatic heterocycles. The van der Waals surface area contributed by atoms with Gasteiger partial charge in [0.2, 0.25) is 5.91 Å². The Hall–Kier alpha value is -3.35. The first-order valence-corrected chi connectivity index (χ1v) is 11.2. The predicted octanol–water partition coefficient (Wildman–Crippen LogP) is 4.41. The van der Waals surface area contributed by atoms with Gasteiger partial charge in [0, 0.05) is 23.9 Å². The molecular formula is C26H32N2O5. The number of carboxylic acid groups (broad SMARTS) is 1. The molecule has 1 atom stereocenters. The van der Waals surface area contributed by atoms with Gasteiger partial charge in [-0.1, -0.05) is 48.5 Å². The lowest BCUT2D eigenvalue weighted by atomic mass is 9.98. The van der Waals surface area contributed by atoms with Crippen LogP contribution in [-0.4, -0.2) is 52.7 Å². The van der Waals surface area contributed by atoms with Crippen molar-refractivity contribution in [1.29, 1.82) is 0 Å². The molecule has 0 spiro atoms. The number of carbonyl (C=O) groups excluding carboxylic acids is 2. The minimum atomic E-state index is -1.05. The van der Waals surface area contributed by atoms with Crippen LogP contribution in [0.25, 0.3) is 11.1 Å². The number of ether oxygens (including phenoxy) is 1. The number of nitrogens with zero attached hydrogens (tertiary/aromatic N) is 1. The topological polar surface area (TPSA) is 95.9 Å². The van der Waals surface area contributed by atoms with Gasteiger partial charge >= 0.3 is 12.1 Å². The molecule has 7 heteroatoms.